The first-order valence-electron chi connectivity index (χ1n) is 6.06. The van der Waals surface area contributed by atoms with Gasteiger partial charge in [-0.1, -0.05) is 26.0 Å². The number of anilines is 1. The summed E-state index contributed by atoms with van der Waals surface area (Å²) in [5.74, 6) is -2.16. The van der Waals surface area contributed by atoms with Gasteiger partial charge in [-0.3, -0.25) is 9.59 Å². The highest BCUT2D eigenvalue weighted by atomic mass is 32.2. The van der Waals surface area contributed by atoms with E-state index in [1.54, 1.807) is 11.8 Å². The molecule has 0 radical (unpaired) electrons. The van der Waals surface area contributed by atoms with E-state index in [9.17, 15) is 9.59 Å². The number of carbonyl (C=O) groups is 2. The van der Waals surface area contributed by atoms with Crippen molar-refractivity contribution >= 4 is 29.3 Å². The Labute approximate surface area is 116 Å². The number of hydrogen-bond acceptors (Lipinski definition) is 3. The smallest absolute Gasteiger partial charge is 0.307 e. The fraction of sp³-hybridized carbons (Fsp3) is 0.429. The van der Waals surface area contributed by atoms with Crippen molar-refractivity contribution in [3.63, 3.8) is 0 Å². The maximum atomic E-state index is 12.2. The summed E-state index contributed by atoms with van der Waals surface area (Å²) in [6.07, 6.45) is 1.94. The van der Waals surface area contributed by atoms with Crippen LogP contribution in [-0.4, -0.2) is 23.2 Å². The van der Waals surface area contributed by atoms with Gasteiger partial charge in [-0.25, -0.2) is 0 Å². The predicted octanol–water partition coefficient (Wildman–Crippen LogP) is 2.70. The number of aliphatic carboxylic acids is 1. The number of para-hydroxylation sites is 1. The van der Waals surface area contributed by atoms with Crippen molar-refractivity contribution in [1.29, 1.82) is 0 Å². The summed E-state index contributed by atoms with van der Waals surface area (Å²) in [6, 6.07) is 7.51. The van der Waals surface area contributed by atoms with Crippen molar-refractivity contribution in [3.8, 4) is 0 Å². The average Bonchev–Trinajstić information content (AvgIpc) is 2.93. The van der Waals surface area contributed by atoms with Crippen LogP contribution in [-0.2, 0) is 9.59 Å². The van der Waals surface area contributed by atoms with Gasteiger partial charge in [0, 0.05) is 4.90 Å². The van der Waals surface area contributed by atoms with Gasteiger partial charge >= 0.3 is 5.97 Å². The maximum Gasteiger partial charge on any atom is 0.307 e. The topological polar surface area (TPSA) is 66.4 Å². The predicted molar refractivity (Wildman–Crippen MR) is 75.2 cm³/mol. The molecule has 0 saturated heterocycles. The summed E-state index contributed by atoms with van der Waals surface area (Å²) in [7, 11) is 0. The number of amides is 1. The lowest BCUT2D eigenvalue weighted by Gasteiger charge is -2.09. The van der Waals surface area contributed by atoms with Crippen molar-refractivity contribution in [2.45, 2.75) is 18.7 Å². The van der Waals surface area contributed by atoms with Gasteiger partial charge in [-0.2, -0.15) is 0 Å². The molecule has 0 spiro atoms. The Bertz CT molecular complexity index is 527. The second-order valence-corrected chi connectivity index (χ2v) is 6.15. The van der Waals surface area contributed by atoms with Gasteiger partial charge in [0.1, 0.15) is 0 Å². The Balaban J connectivity index is 2.13. The van der Waals surface area contributed by atoms with Crippen LogP contribution >= 0.6 is 11.8 Å². The summed E-state index contributed by atoms with van der Waals surface area (Å²) >= 11 is 1.55. The van der Waals surface area contributed by atoms with Crippen LogP contribution < -0.4 is 5.32 Å². The molecule has 1 aliphatic carbocycles. The molecule has 1 aromatic rings. The summed E-state index contributed by atoms with van der Waals surface area (Å²) in [4.78, 5) is 24.2. The summed E-state index contributed by atoms with van der Waals surface area (Å²) in [5.41, 5.74) is 0.274. The molecule has 2 N–H and O–H groups in total. The zero-order valence-corrected chi connectivity index (χ0v) is 12.0. The molecule has 0 aliphatic heterocycles. The van der Waals surface area contributed by atoms with Crippen LogP contribution in [0.15, 0.2) is 29.2 Å². The van der Waals surface area contributed by atoms with Gasteiger partial charge in [0.25, 0.3) is 0 Å². The Morgan fingerprint density at radius 3 is 2.42 bits per heavy atom. The average molecular weight is 279 g/mol. The largest absolute Gasteiger partial charge is 0.481 e. The van der Waals surface area contributed by atoms with E-state index in [0.29, 0.717) is 0 Å². The highest BCUT2D eigenvalue weighted by Gasteiger charge is 2.65. The number of nitrogens with one attached hydrogen (secondary N) is 1. The lowest BCUT2D eigenvalue weighted by Crippen LogP contribution is -2.18. The van der Waals surface area contributed by atoms with E-state index in [0.717, 1.165) is 10.6 Å². The number of hydrogen-bond donors (Lipinski definition) is 2. The van der Waals surface area contributed by atoms with Gasteiger partial charge < -0.3 is 10.4 Å². The zero-order valence-electron chi connectivity index (χ0n) is 11.1. The summed E-state index contributed by atoms with van der Waals surface area (Å²) < 4.78 is 0. The quantitative estimate of drug-likeness (QED) is 0.832. The number of thioether (sulfide) groups is 1. The molecule has 19 heavy (non-hydrogen) atoms. The Hall–Kier alpha value is -1.49. The van der Waals surface area contributed by atoms with Crippen LogP contribution in [0.3, 0.4) is 0 Å². The molecule has 0 heterocycles. The molecule has 1 aromatic carbocycles. The van der Waals surface area contributed by atoms with Crippen molar-refractivity contribution in [1.82, 2.24) is 0 Å². The first-order valence-corrected chi connectivity index (χ1v) is 7.28. The van der Waals surface area contributed by atoms with E-state index in [-0.39, 0.29) is 5.91 Å². The molecule has 2 atom stereocenters. The monoisotopic (exact) mass is 279 g/mol. The van der Waals surface area contributed by atoms with Crippen LogP contribution in [0, 0.1) is 17.3 Å². The number of carboxylic acid groups (broad SMARTS) is 1. The number of benzene rings is 1. The van der Waals surface area contributed by atoms with E-state index >= 15 is 0 Å². The molecule has 0 unspecified atom stereocenters. The van der Waals surface area contributed by atoms with E-state index < -0.39 is 23.2 Å². The number of carboxylic acids is 1. The lowest BCUT2D eigenvalue weighted by molar-refractivity contribution is -0.140. The SMILES string of the molecule is CSc1ccccc1NC(=O)[C@H]1[C@@H](C(=O)O)C1(C)C. The van der Waals surface area contributed by atoms with Gasteiger partial charge in [-0.05, 0) is 23.8 Å². The molecule has 102 valence electrons. The van der Waals surface area contributed by atoms with E-state index in [2.05, 4.69) is 5.32 Å². The molecule has 1 amide bonds. The molecule has 5 heteroatoms. The molecule has 2 rings (SSSR count). The van der Waals surface area contributed by atoms with Gasteiger partial charge in [-0.15, -0.1) is 11.8 Å². The molecule has 0 bridgehead atoms. The second-order valence-electron chi connectivity index (χ2n) is 5.30. The normalized spacial score (nSPS) is 23.7. The van der Waals surface area contributed by atoms with Crippen LogP contribution in [0.4, 0.5) is 5.69 Å². The van der Waals surface area contributed by atoms with Gasteiger partial charge in [0.15, 0.2) is 0 Å². The molecular formula is C14H17NO3S. The van der Waals surface area contributed by atoms with Crippen LogP contribution in [0.5, 0.6) is 0 Å². The fourth-order valence-electron chi connectivity index (χ4n) is 2.55. The number of rotatable bonds is 4. The third-order valence-corrected chi connectivity index (χ3v) is 4.54. The Morgan fingerprint density at radius 1 is 1.26 bits per heavy atom. The van der Waals surface area contributed by atoms with Crippen molar-refractivity contribution in [2.24, 2.45) is 17.3 Å². The number of carbonyl (C=O) groups excluding carboxylic acids is 1. The molecule has 1 saturated carbocycles. The Morgan fingerprint density at radius 2 is 1.89 bits per heavy atom. The van der Waals surface area contributed by atoms with E-state index in [1.165, 1.54) is 0 Å². The highest BCUT2D eigenvalue weighted by molar-refractivity contribution is 7.98. The second kappa shape index (κ2) is 4.89. The molecule has 4 nitrogen and oxygen atoms in total. The van der Waals surface area contributed by atoms with E-state index in [1.807, 2.05) is 44.4 Å². The minimum Gasteiger partial charge on any atom is -0.481 e. The molecule has 1 aliphatic rings. The van der Waals surface area contributed by atoms with Crippen molar-refractivity contribution < 1.29 is 14.7 Å². The van der Waals surface area contributed by atoms with Gasteiger partial charge in [0.05, 0.1) is 17.5 Å². The van der Waals surface area contributed by atoms with Crippen molar-refractivity contribution in [2.75, 3.05) is 11.6 Å². The Kier molecular flexibility index (Phi) is 3.58. The van der Waals surface area contributed by atoms with Crippen LogP contribution in [0.2, 0.25) is 0 Å². The summed E-state index contributed by atoms with van der Waals surface area (Å²) in [5, 5.41) is 11.9. The molecular weight excluding hydrogens is 262 g/mol. The maximum absolute atomic E-state index is 12.2. The first-order chi connectivity index (χ1) is 8.89. The third kappa shape index (κ3) is 2.47. The highest BCUT2D eigenvalue weighted by Crippen LogP contribution is 2.58. The standard InChI is InChI=1S/C14H17NO3S/c1-14(2)10(11(14)13(17)18)12(16)15-8-6-4-5-7-9(8)19-3/h4-7,10-11H,1-3H3,(H,15,16)(H,17,18)/t10-,11+/m1/s1. The van der Waals surface area contributed by atoms with Crippen LogP contribution in [0.25, 0.3) is 0 Å². The fourth-order valence-corrected chi connectivity index (χ4v) is 3.10. The summed E-state index contributed by atoms with van der Waals surface area (Å²) in [6.45, 7) is 3.63. The van der Waals surface area contributed by atoms with Crippen molar-refractivity contribution in [3.05, 3.63) is 24.3 Å². The minimum atomic E-state index is -0.900. The van der Waals surface area contributed by atoms with E-state index in [4.69, 9.17) is 5.11 Å². The minimum absolute atomic E-state index is 0.209. The van der Waals surface area contributed by atoms with Gasteiger partial charge in [0.2, 0.25) is 5.91 Å². The lowest BCUT2D eigenvalue weighted by atomic mass is 10.1. The van der Waals surface area contributed by atoms with Crippen LogP contribution in [0.1, 0.15) is 13.8 Å². The molecule has 1 fully saturated rings. The molecule has 0 aromatic heterocycles. The third-order valence-electron chi connectivity index (χ3n) is 3.74. The first kappa shape index (κ1) is 13.9. The zero-order chi connectivity index (χ0) is 14.2.